The van der Waals surface area contributed by atoms with E-state index in [2.05, 4.69) is 60.9 Å². The van der Waals surface area contributed by atoms with Crippen molar-refractivity contribution in [2.75, 3.05) is 46.3 Å². The Morgan fingerprint density at radius 3 is 2.46 bits per heavy atom. The van der Waals surface area contributed by atoms with Crippen molar-refractivity contribution in [3.63, 3.8) is 0 Å². The number of piperazine rings is 1. The fraction of sp³-hybridized carbons (Fsp3) is 0.524. The third kappa shape index (κ3) is 6.35. The monoisotopic (exact) mass is 383 g/mol. The van der Waals surface area contributed by atoms with Crippen LogP contribution in [0.25, 0.3) is 0 Å². The molecule has 1 aromatic carbocycles. The first-order chi connectivity index (χ1) is 13.7. The molecule has 0 radical (unpaired) electrons. The van der Waals surface area contributed by atoms with E-state index in [9.17, 15) is 0 Å². The van der Waals surface area contributed by atoms with Crippen LogP contribution in [0.1, 0.15) is 17.7 Å². The molecule has 28 heavy (non-hydrogen) atoms. The van der Waals surface area contributed by atoms with E-state index in [0.29, 0.717) is 0 Å². The molecule has 2 N–H and O–H groups in total. The number of nitrogens with one attached hydrogen (secondary N) is 2. The molecule has 1 aliphatic rings. The second-order valence-electron chi connectivity index (χ2n) is 7.26. The van der Waals surface area contributed by atoms with Crippen molar-refractivity contribution in [3.8, 4) is 0 Å². The Morgan fingerprint density at radius 1 is 1.04 bits per heavy atom. The van der Waals surface area contributed by atoms with Crippen LogP contribution in [0.3, 0.4) is 0 Å². The lowest BCUT2D eigenvalue weighted by molar-refractivity contribution is 0.126. The van der Waals surface area contributed by atoms with E-state index in [1.807, 2.05) is 31.0 Å². The predicted octanol–water partition coefficient (Wildman–Crippen LogP) is 1.29. The summed E-state index contributed by atoms with van der Waals surface area (Å²) in [5, 5.41) is 10.9. The highest BCUT2D eigenvalue weighted by Gasteiger charge is 2.16. The Kier molecular flexibility index (Phi) is 7.87. The predicted molar refractivity (Wildman–Crippen MR) is 114 cm³/mol. The van der Waals surface area contributed by atoms with Gasteiger partial charge in [0.15, 0.2) is 5.96 Å². The number of nitrogens with zero attached hydrogens (tertiary/aromatic N) is 5. The molecule has 0 aliphatic carbocycles. The highest BCUT2D eigenvalue weighted by Crippen LogP contribution is 2.08. The number of aliphatic imine (C=N–C) groups is 1. The first kappa shape index (κ1) is 20.4. The Balaban J connectivity index is 1.27. The van der Waals surface area contributed by atoms with Crippen LogP contribution in [0.4, 0.5) is 0 Å². The molecule has 7 heteroatoms. The molecule has 1 aromatic heterocycles. The van der Waals surface area contributed by atoms with Crippen LogP contribution in [0, 0.1) is 0 Å². The van der Waals surface area contributed by atoms with Gasteiger partial charge in [0.25, 0.3) is 0 Å². The largest absolute Gasteiger partial charge is 0.356 e. The van der Waals surface area contributed by atoms with E-state index in [1.165, 1.54) is 5.56 Å². The summed E-state index contributed by atoms with van der Waals surface area (Å²) in [7, 11) is 3.76. The van der Waals surface area contributed by atoms with Gasteiger partial charge in [-0.25, -0.2) is 0 Å². The van der Waals surface area contributed by atoms with Crippen molar-refractivity contribution in [1.82, 2.24) is 30.2 Å². The summed E-state index contributed by atoms with van der Waals surface area (Å²) in [6.07, 6.45) is 2.93. The topological polar surface area (TPSA) is 60.7 Å². The average Bonchev–Trinajstić information content (AvgIpc) is 3.14. The quantitative estimate of drug-likeness (QED) is 0.409. The van der Waals surface area contributed by atoms with Crippen molar-refractivity contribution in [1.29, 1.82) is 0 Å². The van der Waals surface area contributed by atoms with Gasteiger partial charge in [-0.1, -0.05) is 30.3 Å². The molecule has 3 rings (SSSR count). The molecule has 152 valence electrons. The van der Waals surface area contributed by atoms with Crippen molar-refractivity contribution in [2.45, 2.75) is 19.5 Å². The van der Waals surface area contributed by atoms with Crippen LogP contribution < -0.4 is 10.6 Å². The number of hydrogen-bond acceptors (Lipinski definition) is 4. The number of aromatic nitrogens is 2. The van der Waals surface area contributed by atoms with E-state index in [4.69, 9.17) is 0 Å². The number of rotatable bonds is 8. The van der Waals surface area contributed by atoms with Crippen molar-refractivity contribution in [2.24, 2.45) is 12.0 Å². The second-order valence-corrected chi connectivity index (χ2v) is 7.26. The minimum Gasteiger partial charge on any atom is -0.356 e. The van der Waals surface area contributed by atoms with E-state index < -0.39 is 0 Å². The maximum Gasteiger partial charge on any atom is 0.191 e. The molecule has 0 atom stereocenters. The molecule has 2 heterocycles. The molecule has 0 amide bonds. The van der Waals surface area contributed by atoms with E-state index >= 15 is 0 Å². The lowest BCUT2D eigenvalue weighted by atomic mass is 10.2. The van der Waals surface area contributed by atoms with Gasteiger partial charge in [-0.05, 0) is 24.6 Å². The van der Waals surface area contributed by atoms with Crippen molar-refractivity contribution < 1.29 is 0 Å². The van der Waals surface area contributed by atoms with Crippen LogP contribution in [0.5, 0.6) is 0 Å². The van der Waals surface area contributed by atoms with Gasteiger partial charge in [0, 0.05) is 59.6 Å². The van der Waals surface area contributed by atoms with Gasteiger partial charge in [-0.2, -0.15) is 5.10 Å². The normalized spacial score (nSPS) is 16.3. The molecule has 1 aliphatic heterocycles. The Bertz CT molecular complexity index is 717. The van der Waals surface area contributed by atoms with Gasteiger partial charge in [0.05, 0.1) is 12.2 Å². The molecule has 2 aromatic rings. The molecule has 0 spiro atoms. The third-order valence-electron chi connectivity index (χ3n) is 5.24. The zero-order valence-corrected chi connectivity index (χ0v) is 17.1. The summed E-state index contributed by atoms with van der Waals surface area (Å²) in [6.45, 7) is 8.45. The second kappa shape index (κ2) is 10.8. The smallest absolute Gasteiger partial charge is 0.191 e. The van der Waals surface area contributed by atoms with Crippen LogP contribution in [-0.4, -0.2) is 71.9 Å². The van der Waals surface area contributed by atoms with Gasteiger partial charge in [-0.15, -0.1) is 0 Å². The summed E-state index contributed by atoms with van der Waals surface area (Å²) in [5.74, 6) is 0.842. The Hall–Kier alpha value is -2.38. The maximum atomic E-state index is 4.30. The van der Waals surface area contributed by atoms with Crippen LogP contribution in [0.2, 0.25) is 0 Å². The summed E-state index contributed by atoms with van der Waals surface area (Å²) < 4.78 is 1.87. The highest BCUT2D eigenvalue weighted by molar-refractivity contribution is 5.79. The van der Waals surface area contributed by atoms with Gasteiger partial charge in [0.2, 0.25) is 0 Å². The first-order valence-electron chi connectivity index (χ1n) is 10.1. The maximum absolute atomic E-state index is 4.30. The molecule has 1 saturated heterocycles. The molecule has 0 saturated carbocycles. The van der Waals surface area contributed by atoms with Crippen molar-refractivity contribution >= 4 is 5.96 Å². The Morgan fingerprint density at radius 2 is 1.79 bits per heavy atom. The molecule has 0 unspecified atom stereocenters. The standard InChI is InChI=1S/C21H33N7/c1-22-21(24-17-20-9-11-25-26(20)2)23-10-6-12-27-13-15-28(16-14-27)18-19-7-4-3-5-8-19/h3-5,7-9,11H,6,10,12-18H2,1-2H3,(H2,22,23,24). The van der Waals surface area contributed by atoms with E-state index in [0.717, 1.165) is 70.4 Å². The van der Waals surface area contributed by atoms with E-state index in [1.54, 1.807) is 0 Å². The summed E-state index contributed by atoms with van der Waals surface area (Å²) in [4.78, 5) is 9.41. The first-order valence-corrected chi connectivity index (χ1v) is 10.1. The molecule has 1 fully saturated rings. The van der Waals surface area contributed by atoms with Gasteiger partial charge < -0.3 is 15.5 Å². The summed E-state index contributed by atoms with van der Waals surface area (Å²) in [6, 6.07) is 12.8. The van der Waals surface area contributed by atoms with Crippen LogP contribution in [0.15, 0.2) is 47.6 Å². The number of guanidine groups is 1. The van der Waals surface area contributed by atoms with Crippen LogP contribution in [-0.2, 0) is 20.1 Å². The SMILES string of the molecule is CN=C(NCCCN1CCN(Cc2ccccc2)CC1)NCc1ccnn1C. The lowest BCUT2D eigenvalue weighted by Gasteiger charge is -2.34. The van der Waals surface area contributed by atoms with Crippen LogP contribution >= 0.6 is 0 Å². The number of hydrogen-bond donors (Lipinski definition) is 2. The summed E-state index contributed by atoms with van der Waals surface area (Å²) >= 11 is 0. The fourth-order valence-electron chi connectivity index (χ4n) is 3.49. The minimum absolute atomic E-state index is 0.722. The zero-order valence-electron chi connectivity index (χ0n) is 17.1. The lowest BCUT2D eigenvalue weighted by Crippen LogP contribution is -2.46. The molecular formula is C21H33N7. The Labute approximate surface area is 168 Å². The zero-order chi connectivity index (χ0) is 19.6. The average molecular weight is 384 g/mol. The van der Waals surface area contributed by atoms with Gasteiger partial charge in [-0.3, -0.25) is 14.6 Å². The molecule has 0 bridgehead atoms. The third-order valence-corrected chi connectivity index (χ3v) is 5.24. The van der Waals surface area contributed by atoms with Crippen molar-refractivity contribution in [3.05, 3.63) is 53.9 Å². The summed E-state index contributed by atoms with van der Waals surface area (Å²) in [5.41, 5.74) is 2.54. The van der Waals surface area contributed by atoms with E-state index in [-0.39, 0.29) is 0 Å². The molecular weight excluding hydrogens is 350 g/mol. The number of benzene rings is 1. The minimum atomic E-state index is 0.722. The highest BCUT2D eigenvalue weighted by atomic mass is 15.3. The number of aryl methyl sites for hydroxylation is 1. The fourth-order valence-corrected chi connectivity index (χ4v) is 3.49. The molecule has 7 nitrogen and oxygen atoms in total. The van der Waals surface area contributed by atoms with Gasteiger partial charge in [0.1, 0.15) is 0 Å². The van der Waals surface area contributed by atoms with Gasteiger partial charge >= 0.3 is 0 Å².